The van der Waals surface area contributed by atoms with Crippen molar-refractivity contribution in [3.8, 4) is 17.2 Å². The first kappa shape index (κ1) is 24.2. The van der Waals surface area contributed by atoms with Crippen LogP contribution < -0.4 is 24.8 Å². The first-order valence-corrected chi connectivity index (χ1v) is 13.5. The normalized spacial score (nSPS) is 11.2. The average Bonchev–Trinajstić information content (AvgIpc) is 3.26. The molecule has 3 aromatic carbocycles. The van der Waals surface area contributed by atoms with Crippen LogP contribution in [0.1, 0.15) is 31.4 Å². The van der Waals surface area contributed by atoms with Crippen LogP contribution in [0, 0.1) is 0 Å². The van der Waals surface area contributed by atoms with E-state index in [0.29, 0.717) is 5.75 Å². The largest absolute Gasteiger partial charge is 0.494 e. The van der Waals surface area contributed by atoms with Gasteiger partial charge < -0.3 is 19.2 Å². The van der Waals surface area contributed by atoms with Crippen molar-refractivity contribution in [1.29, 1.82) is 0 Å². The molecule has 178 valence electrons. The maximum absolute atomic E-state index is 5.78. The highest BCUT2D eigenvalue weighted by Crippen LogP contribution is 2.43. The number of aryl methyl sites for hydroxylation is 1. The molecule has 0 bridgehead atoms. The molecular formula is C29H34NO3P. The highest BCUT2D eigenvalue weighted by Gasteiger charge is 2.19. The Kier molecular flexibility index (Phi) is 8.49. The lowest BCUT2D eigenvalue weighted by Crippen LogP contribution is -2.13. The molecule has 0 atom stereocenters. The number of aromatic nitrogens is 1. The SMILES string of the molecule is COc1ccc2[nH]c(CCCCCCP(c3ccccc3)c3ccccc3)c(OC)c2c1OC. The summed E-state index contributed by atoms with van der Waals surface area (Å²) in [5, 5.41) is 3.89. The van der Waals surface area contributed by atoms with Gasteiger partial charge in [0.1, 0.15) is 0 Å². The number of H-pyrrole nitrogens is 1. The van der Waals surface area contributed by atoms with Gasteiger partial charge >= 0.3 is 0 Å². The molecule has 1 heterocycles. The quantitative estimate of drug-likeness (QED) is 0.190. The fraction of sp³-hybridized carbons (Fsp3) is 0.310. The Morgan fingerprint density at radius 3 is 1.85 bits per heavy atom. The summed E-state index contributed by atoms with van der Waals surface area (Å²) in [4.78, 5) is 3.54. The molecule has 34 heavy (non-hydrogen) atoms. The molecule has 0 saturated carbocycles. The van der Waals surface area contributed by atoms with Crippen LogP contribution in [0.5, 0.6) is 17.2 Å². The molecule has 1 aromatic heterocycles. The summed E-state index contributed by atoms with van der Waals surface area (Å²) in [5.74, 6) is 2.30. The molecule has 0 aliphatic heterocycles. The van der Waals surface area contributed by atoms with E-state index in [1.54, 1.807) is 21.3 Å². The van der Waals surface area contributed by atoms with Gasteiger partial charge in [0, 0.05) is 0 Å². The van der Waals surface area contributed by atoms with Gasteiger partial charge in [0.15, 0.2) is 17.2 Å². The van der Waals surface area contributed by atoms with Crippen molar-refractivity contribution < 1.29 is 14.2 Å². The first-order valence-electron chi connectivity index (χ1n) is 11.9. The van der Waals surface area contributed by atoms with Gasteiger partial charge in [-0.3, -0.25) is 0 Å². The summed E-state index contributed by atoms with van der Waals surface area (Å²) >= 11 is 0. The van der Waals surface area contributed by atoms with Crippen molar-refractivity contribution in [2.75, 3.05) is 27.5 Å². The van der Waals surface area contributed by atoms with E-state index in [1.165, 1.54) is 36.0 Å². The molecule has 4 nitrogen and oxygen atoms in total. The topological polar surface area (TPSA) is 43.5 Å². The van der Waals surface area contributed by atoms with Crippen LogP contribution >= 0.6 is 7.92 Å². The third-order valence-electron chi connectivity index (χ3n) is 6.23. The third-order valence-corrected chi connectivity index (χ3v) is 8.84. The van der Waals surface area contributed by atoms with Crippen molar-refractivity contribution in [2.24, 2.45) is 0 Å². The van der Waals surface area contributed by atoms with E-state index in [-0.39, 0.29) is 7.92 Å². The van der Waals surface area contributed by atoms with Crippen LogP contribution in [0.3, 0.4) is 0 Å². The Labute approximate surface area is 204 Å². The highest BCUT2D eigenvalue weighted by atomic mass is 31.1. The van der Waals surface area contributed by atoms with E-state index < -0.39 is 0 Å². The van der Waals surface area contributed by atoms with E-state index in [9.17, 15) is 0 Å². The lowest BCUT2D eigenvalue weighted by Gasteiger charge is -2.18. The summed E-state index contributed by atoms with van der Waals surface area (Å²) in [5.41, 5.74) is 2.14. The van der Waals surface area contributed by atoms with Crippen molar-refractivity contribution in [1.82, 2.24) is 4.98 Å². The second-order valence-corrected chi connectivity index (χ2v) is 10.7. The minimum atomic E-state index is -0.300. The standard InChI is InChI=1S/C29H34NO3P/c1-31-26-20-19-24-27(29(26)33-3)28(32-2)25(30-24)18-12-4-5-13-21-34(22-14-8-6-9-15-22)23-16-10-7-11-17-23/h6-11,14-17,19-20,30H,4-5,12-13,18,21H2,1-3H3. The van der Waals surface area contributed by atoms with Gasteiger partial charge in [-0.2, -0.15) is 0 Å². The minimum Gasteiger partial charge on any atom is -0.494 e. The summed E-state index contributed by atoms with van der Waals surface area (Å²) in [6, 6.07) is 25.9. The van der Waals surface area contributed by atoms with Gasteiger partial charge in [-0.25, -0.2) is 0 Å². The molecule has 0 radical (unpaired) electrons. The van der Waals surface area contributed by atoms with Crippen LogP contribution in [0.2, 0.25) is 0 Å². The molecule has 0 spiro atoms. The fourth-order valence-corrected chi connectivity index (χ4v) is 6.99. The molecule has 1 N–H and O–H groups in total. The molecule has 0 saturated heterocycles. The Balaban J connectivity index is 1.35. The predicted octanol–water partition coefficient (Wildman–Crippen LogP) is 6.43. The smallest absolute Gasteiger partial charge is 0.173 e. The molecule has 0 fully saturated rings. The van der Waals surface area contributed by atoms with Gasteiger partial charge in [-0.1, -0.05) is 73.5 Å². The van der Waals surface area contributed by atoms with Crippen LogP contribution in [-0.4, -0.2) is 32.5 Å². The lowest BCUT2D eigenvalue weighted by molar-refractivity contribution is 0.356. The summed E-state index contributed by atoms with van der Waals surface area (Å²) in [6.07, 6.45) is 6.98. The number of hydrogen-bond donors (Lipinski definition) is 1. The highest BCUT2D eigenvalue weighted by molar-refractivity contribution is 7.73. The number of fused-ring (bicyclic) bond motifs is 1. The van der Waals surface area contributed by atoms with Crippen molar-refractivity contribution in [3.63, 3.8) is 0 Å². The van der Waals surface area contributed by atoms with Gasteiger partial charge in [-0.15, -0.1) is 0 Å². The number of unbranched alkanes of at least 4 members (excludes halogenated alkanes) is 3. The lowest BCUT2D eigenvalue weighted by atomic mass is 10.1. The zero-order chi connectivity index (χ0) is 23.8. The molecule has 4 aromatic rings. The molecular weight excluding hydrogens is 441 g/mol. The predicted molar refractivity (Wildman–Crippen MR) is 144 cm³/mol. The number of benzene rings is 3. The van der Waals surface area contributed by atoms with Gasteiger partial charge in [-0.05, 0) is 56.1 Å². The van der Waals surface area contributed by atoms with Gasteiger partial charge in [0.05, 0.1) is 37.9 Å². The molecule has 0 aliphatic carbocycles. The number of methoxy groups -OCH3 is 3. The third kappa shape index (κ3) is 5.39. The van der Waals surface area contributed by atoms with Crippen LogP contribution in [0.15, 0.2) is 72.8 Å². The fourth-order valence-electron chi connectivity index (χ4n) is 4.58. The Morgan fingerprint density at radius 1 is 0.647 bits per heavy atom. The van der Waals surface area contributed by atoms with Crippen molar-refractivity contribution in [3.05, 3.63) is 78.5 Å². The maximum atomic E-state index is 5.78. The molecule has 5 heteroatoms. The Morgan fingerprint density at radius 2 is 1.26 bits per heavy atom. The summed E-state index contributed by atoms with van der Waals surface area (Å²) in [7, 11) is 4.75. The second kappa shape index (κ2) is 11.9. The summed E-state index contributed by atoms with van der Waals surface area (Å²) < 4.78 is 16.9. The zero-order valence-electron chi connectivity index (χ0n) is 20.3. The van der Waals surface area contributed by atoms with E-state index in [0.717, 1.165) is 40.9 Å². The zero-order valence-corrected chi connectivity index (χ0v) is 21.2. The van der Waals surface area contributed by atoms with Gasteiger partial charge in [0.25, 0.3) is 0 Å². The van der Waals surface area contributed by atoms with Crippen molar-refractivity contribution >= 4 is 29.4 Å². The van der Waals surface area contributed by atoms with Crippen LogP contribution in [0.4, 0.5) is 0 Å². The van der Waals surface area contributed by atoms with E-state index >= 15 is 0 Å². The molecule has 0 aliphatic rings. The Hall–Kier alpha value is -2.97. The summed E-state index contributed by atoms with van der Waals surface area (Å²) in [6.45, 7) is 0. The number of nitrogens with one attached hydrogen (secondary N) is 1. The number of ether oxygens (including phenoxy) is 3. The molecule has 0 amide bonds. The first-order chi connectivity index (χ1) is 16.8. The average molecular weight is 476 g/mol. The van der Waals surface area contributed by atoms with Crippen molar-refractivity contribution in [2.45, 2.75) is 32.1 Å². The number of hydrogen-bond acceptors (Lipinski definition) is 3. The number of rotatable bonds is 12. The van der Waals surface area contributed by atoms with Gasteiger partial charge in [0.2, 0.25) is 0 Å². The molecule has 0 unspecified atom stereocenters. The second-order valence-electron chi connectivity index (χ2n) is 8.35. The van der Waals surface area contributed by atoms with Crippen LogP contribution in [0.25, 0.3) is 10.9 Å². The Bertz CT molecular complexity index is 1130. The molecule has 4 rings (SSSR count). The number of aromatic amines is 1. The van der Waals surface area contributed by atoms with E-state index in [4.69, 9.17) is 14.2 Å². The van der Waals surface area contributed by atoms with E-state index in [2.05, 4.69) is 65.6 Å². The van der Waals surface area contributed by atoms with E-state index in [1.807, 2.05) is 12.1 Å². The monoisotopic (exact) mass is 475 g/mol. The maximum Gasteiger partial charge on any atom is 0.173 e. The van der Waals surface area contributed by atoms with Crippen LogP contribution in [-0.2, 0) is 6.42 Å². The minimum absolute atomic E-state index is 0.300.